The molecule has 2 aliphatic heterocycles. The molecule has 21 heavy (non-hydrogen) atoms. The van der Waals surface area contributed by atoms with E-state index in [9.17, 15) is 8.42 Å². The third kappa shape index (κ3) is 3.65. The lowest BCUT2D eigenvalue weighted by Crippen LogP contribution is -2.42. The lowest BCUT2D eigenvalue weighted by Gasteiger charge is -2.32. The van der Waals surface area contributed by atoms with Crippen molar-refractivity contribution in [1.29, 1.82) is 0 Å². The second kappa shape index (κ2) is 5.81. The SMILES string of the molecule is NC1CCCN(c2cncc(OC3CCS(=O)(=O)C3)c2)C1. The number of nitrogens with zero attached hydrogens (tertiary/aromatic N) is 2. The molecular weight excluding hydrogens is 290 g/mol. The average Bonchev–Trinajstić information content (AvgIpc) is 2.78. The summed E-state index contributed by atoms with van der Waals surface area (Å²) in [7, 11) is -2.93. The first kappa shape index (κ1) is 14.6. The van der Waals surface area contributed by atoms with Gasteiger partial charge in [-0.2, -0.15) is 0 Å². The highest BCUT2D eigenvalue weighted by Crippen LogP contribution is 2.25. The van der Waals surface area contributed by atoms with Crippen molar-refractivity contribution in [3.63, 3.8) is 0 Å². The van der Waals surface area contributed by atoms with Crippen LogP contribution in [0.25, 0.3) is 0 Å². The molecule has 2 atom stereocenters. The van der Waals surface area contributed by atoms with Gasteiger partial charge in [-0.25, -0.2) is 8.42 Å². The van der Waals surface area contributed by atoms with Gasteiger partial charge in [-0.15, -0.1) is 0 Å². The van der Waals surface area contributed by atoms with Gasteiger partial charge in [0.2, 0.25) is 0 Å². The van der Waals surface area contributed by atoms with Crippen LogP contribution < -0.4 is 15.4 Å². The molecule has 3 rings (SSSR count). The van der Waals surface area contributed by atoms with Gasteiger partial charge in [-0.1, -0.05) is 0 Å². The number of ether oxygens (including phenoxy) is 1. The molecule has 6 nitrogen and oxygen atoms in total. The summed E-state index contributed by atoms with van der Waals surface area (Å²) in [5, 5.41) is 0. The van der Waals surface area contributed by atoms with Crippen LogP contribution in [0.1, 0.15) is 19.3 Å². The van der Waals surface area contributed by atoms with Crippen LogP contribution >= 0.6 is 0 Å². The minimum atomic E-state index is -2.93. The quantitative estimate of drug-likeness (QED) is 0.878. The number of nitrogens with two attached hydrogens (primary N) is 1. The number of hydrogen-bond acceptors (Lipinski definition) is 6. The fourth-order valence-corrected chi connectivity index (χ4v) is 4.53. The molecular formula is C14H21N3O3S. The van der Waals surface area contributed by atoms with Crippen molar-refractivity contribution in [2.24, 2.45) is 5.73 Å². The van der Waals surface area contributed by atoms with E-state index in [2.05, 4.69) is 9.88 Å². The highest BCUT2D eigenvalue weighted by atomic mass is 32.2. The van der Waals surface area contributed by atoms with Gasteiger partial charge in [0.25, 0.3) is 0 Å². The Kier molecular flexibility index (Phi) is 4.03. The van der Waals surface area contributed by atoms with E-state index in [4.69, 9.17) is 10.5 Å². The van der Waals surface area contributed by atoms with Crippen LogP contribution in [0.2, 0.25) is 0 Å². The molecule has 0 spiro atoms. The van der Waals surface area contributed by atoms with Gasteiger partial charge in [-0.3, -0.25) is 4.98 Å². The maximum absolute atomic E-state index is 11.5. The summed E-state index contributed by atoms with van der Waals surface area (Å²) in [6, 6.07) is 2.12. The Morgan fingerprint density at radius 3 is 2.90 bits per heavy atom. The van der Waals surface area contributed by atoms with Crippen molar-refractivity contribution >= 4 is 15.5 Å². The second-order valence-electron chi connectivity index (χ2n) is 5.87. The normalized spacial score (nSPS) is 28.5. The Balaban J connectivity index is 1.68. The zero-order valence-electron chi connectivity index (χ0n) is 11.9. The molecule has 0 saturated carbocycles. The predicted molar refractivity (Wildman–Crippen MR) is 81.3 cm³/mol. The van der Waals surface area contributed by atoms with Crippen molar-refractivity contribution in [1.82, 2.24) is 4.98 Å². The Morgan fingerprint density at radius 1 is 1.33 bits per heavy atom. The summed E-state index contributed by atoms with van der Waals surface area (Å²) in [6.45, 7) is 1.79. The van der Waals surface area contributed by atoms with E-state index in [1.54, 1.807) is 12.4 Å². The van der Waals surface area contributed by atoms with Crippen LogP contribution in [0, 0.1) is 0 Å². The molecule has 116 valence electrons. The largest absolute Gasteiger partial charge is 0.488 e. The van der Waals surface area contributed by atoms with Crippen molar-refractivity contribution in [3.8, 4) is 5.75 Å². The fourth-order valence-electron chi connectivity index (χ4n) is 2.94. The Labute approximate surface area is 125 Å². The monoisotopic (exact) mass is 311 g/mol. The third-order valence-electron chi connectivity index (χ3n) is 4.02. The lowest BCUT2D eigenvalue weighted by molar-refractivity contribution is 0.228. The molecule has 2 N–H and O–H groups in total. The molecule has 0 aliphatic carbocycles. The Bertz CT molecular complexity index is 605. The molecule has 2 unspecified atom stereocenters. The van der Waals surface area contributed by atoms with Crippen molar-refractivity contribution < 1.29 is 13.2 Å². The van der Waals surface area contributed by atoms with E-state index in [0.717, 1.165) is 31.6 Å². The highest BCUT2D eigenvalue weighted by Gasteiger charge is 2.29. The van der Waals surface area contributed by atoms with Crippen LogP contribution in [0.15, 0.2) is 18.5 Å². The molecule has 2 saturated heterocycles. The fraction of sp³-hybridized carbons (Fsp3) is 0.643. The second-order valence-corrected chi connectivity index (χ2v) is 8.10. The number of rotatable bonds is 3. The first-order chi connectivity index (χ1) is 10.0. The Morgan fingerprint density at radius 2 is 2.19 bits per heavy atom. The van der Waals surface area contributed by atoms with Gasteiger partial charge in [0.05, 0.1) is 29.6 Å². The van der Waals surface area contributed by atoms with Crippen molar-refractivity contribution in [3.05, 3.63) is 18.5 Å². The minimum Gasteiger partial charge on any atom is -0.488 e. The molecule has 0 radical (unpaired) electrons. The summed E-state index contributed by atoms with van der Waals surface area (Å²) >= 11 is 0. The number of piperidine rings is 1. The molecule has 1 aromatic rings. The van der Waals surface area contributed by atoms with Crippen LogP contribution in [0.3, 0.4) is 0 Å². The van der Waals surface area contributed by atoms with E-state index in [0.29, 0.717) is 12.2 Å². The number of sulfone groups is 1. The molecule has 7 heteroatoms. The highest BCUT2D eigenvalue weighted by molar-refractivity contribution is 7.91. The lowest BCUT2D eigenvalue weighted by atomic mass is 10.1. The van der Waals surface area contributed by atoms with Crippen LogP contribution in [-0.2, 0) is 9.84 Å². The number of pyridine rings is 1. The van der Waals surface area contributed by atoms with Gasteiger partial charge in [0, 0.05) is 25.2 Å². The van der Waals surface area contributed by atoms with Crippen molar-refractivity contribution in [2.45, 2.75) is 31.4 Å². The van der Waals surface area contributed by atoms with Gasteiger partial charge < -0.3 is 15.4 Å². The van der Waals surface area contributed by atoms with E-state index < -0.39 is 9.84 Å². The van der Waals surface area contributed by atoms with Gasteiger partial charge in [0.15, 0.2) is 9.84 Å². The summed E-state index contributed by atoms with van der Waals surface area (Å²) in [5.74, 6) is 0.950. The summed E-state index contributed by atoms with van der Waals surface area (Å²) in [4.78, 5) is 6.41. The van der Waals surface area contributed by atoms with E-state index in [-0.39, 0.29) is 23.7 Å². The molecule has 0 amide bonds. The van der Waals surface area contributed by atoms with Gasteiger partial charge in [-0.05, 0) is 19.3 Å². The third-order valence-corrected chi connectivity index (χ3v) is 5.75. The van der Waals surface area contributed by atoms with Crippen LogP contribution in [0.4, 0.5) is 5.69 Å². The zero-order valence-corrected chi connectivity index (χ0v) is 12.8. The Hall–Kier alpha value is -1.34. The predicted octanol–water partition coefficient (Wildman–Crippen LogP) is 0.575. The molecule has 3 heterocycles. The summed E-state index contributed by atoms with van der Waals surface area (Å²) in [6.07, 6.45) is 5.87. The molecule has 0 bridgehead atoms. The molecule has 1 aromatic heterocycles. The number of anilines is 1. The number of aromatic nitrogens is 1. The molecule has 0 aromatic carbocycles. The van der Waals surface area contributed by atoms with Crippen LogP contribution in [0.5, 0.6) is 5.75 Å². The molecule has 2 aliphatic rings. The smallest absolute Gasteiger partial charge is 0.154 e. The summed E-state index contributed by atoms with van der Waals surface area (Å²) in [5.41, 5.74) is 6.99. The van der Waals surface area contributed by atoms with E-state index in [1.807, 2.05) is 6.07 Å². The van der Waals surface area contributed by atoms with Crippen molar-refractivity contribution in [2.75, 3.05) is 29.5 Å². The van der Waals surface area contributed by atoms with Crippen LogP contribution in [-0.4, -0.2) is 50.1 Å². The maximum atomic E-state index is 11.5. The standard InChI is InChI=1S/C14H21N3O3S/c15-11-2-1-4-17(9-11)12-6-14(8-16-7-12)20-13-3-5-21(18,19)10-13/h6-8,11,13H,1-5,9-10,15H2. The minimum absolute atomic E-state index is 0.103. The summed E-state index contributed by atoms with van der Waals surface area (Å²) < 4.78 is 28.7. The zero-order chi connectivity index (χ0) is 14.9. The van der Waals surface area contributed by atoms with Gasteiger partial charge >= 0.3 is 0 Å². The van der Waals surface area contributed by atoms with E-state index in [1.165, 1.54) is 0 Å². The number of hydrogen-bond donors (Lipinski definition) is 1. The maximum Gasteiger partial charge on any atom is 0.154 e. The topological polar surface area (TPSA) is 85.5 Å². The van der Waals surface area contributed by atoms with E-state index >= 15 is 0 Å². The average molecular weight is 311 g/mol. The van der Waals surface area contributed by atoms with Gasteiger partial charge in [0.1, 0.15) is 11.9 Å². The first-order valence-electron chi connectivity index (χ1n) is 7.34. The molecule has 2 fully saturated rings. The first-order valence-corrected chi connectivity index (χ1v) is 9.17.